The Hall–Kier alpha value is -0.610. The zero-order valence-electron chi connectivity index (χ0n) is 8.19. The summed E-state index contributed by atoms with van der Waals surface area (Å²) in [5.41, 5.74) is 0. The van der Waals surface area contributed by atoms with Gasteiger partial charge in [0, 0.05) is 14.0 Å². The lowest BCUT2D eigenvalue weighted by molar-refractivity contribution is -0.134. The van der Waals surface area contributed by atoms with Crippen molar-refractivity contribution < 1.29 is 19.7 Å². The highest BCUT2D eigenvalue weighted by Gasteiger charge is 2.21. The summed E-state index contributed by atoms with van der Waals surface area (Å²) < 4.78 is 5.05. The molecule has 0 aromatic heterocycles. The van der Waals surface area contributed by atoms with E-state index >= 15 is 0 Å². The van der Waals surface area contributed by atoms with Crippen LogP contribution >= 0.6 is 0 Å². The van der Waals surface area contributed by atoms with Gasteiger partial charge in [0.2, 0.25) is 0 Å². The van der Waals surface area contributed by atoms with Crippen LogP contribution in [-0.2, 0) is 9.53 Å². The molecule has 4 nitrogen and oxygen atoms in total. The Balaban J connectivity index is 0.000000310. The van der Waals surface area contributed by atoms with Crippen molar-refractivity contribution in [1.82, 2.24) is 0 Å². The first-order valence-corrected chi connectivity index (χ1v) is 4.48. The maximum atomic E-state index is 9.24. The highest BCUT2D eigenvalue weighted by molar-refractivity contribution is 5.62. The summed E-state index contributed by atoms with van der Waals surface area (Å²) in [6.45, 7) is 1.08. The van der Waals surface area contributed by atoms with Gasteiger partial charge < -0.3 is 14.9 Å². The van der Waals surface area contributed by atoms with E-state index in [1.165, 1.54) is 6.42 Å². The van der Waals surface area contributed by atoms with Crippen LogP contribution in [0.25, 0.3) is 0 Å². The van der Waals surface area contributed by atoms with Crippen molar-refractivity contribution in [3.8, 4) is 0 Å². The third kappa shape index (κ3) is 6.54. The summed E-state index contributed by atoms with van der Waals surface area (Å²) in [4.78, 5) is 9.00. The molecule has 0 saturated heterocycles. The van der Waals surface area contributed by atoms with Gasteiger partial charge in [-0.3, -0.25) is 4.79 Å². The van der Waals surface area contributed by atoms with Gasteiger partial charge in [-0.2, -0.15) is 0 Å². The van der Waals surface area contributed by atoms with Gasteiger partial charge in [-0.15, -0.1) is 0 Å². The minimum absolute atomic E-state index is 0.110. The van der Waals surface area contributed by atoms with Crippen molar-refractivity contribution in [3.05, 3.63) is 0 Å². The predicted octanol–water partition coefficient (Wildman–Crippen LogP) is 1.03. The summed E-state index contributed by atoms with van der Waals surface area (Å²) in [5.74, 6) is -0.833. The first-order chi connectivity index (χ1) is 6.07. The lowest BCUT2D eigenvalue weighted by Crippen LogP contribution is -2.30. The van der Waals surface area contributed by atoms with Gasteiger partial charge in [-0.05, 0) is 12.8 Å². The fourth-order valence-electron chi connectivity index (χ4n) is 1.35. The number of aliphatic hydroxyl groups is 1. The summed E-state index contributed by atoms with van der Waals surface area (Å²) in [6, 6.07) is 0. The summed E-state index contributed by atoms with van der Waals surface area (Å²) >= 11 is 0. The Morgan fingerprint density at radius 1 is 1.38 bits per heavy atom. The normalized spacial score (nSPS) is 27.3. The molecule has 4 heteroatoms. The largest absolute Gasteiger partial charge is 0.481 e. The van der Waals surface area contributed by atoms with Gasteiger partial charge in [-0.25, -0.2) is 0 Å². The molecular weight excluding hydrogens is 172 g/mol. The Kier molecular flexibility index (Phi) is 6.54. The average Bonchev–Trinajstić information content (AvgIpc) is 2.04. The molecule has 0 bridgehead atoms. The average molecular weight is 190 g/mol. The summed E-state index contributed by atoms with van der Waals surface area (Å²) in [6.07, 6.45) is 4.20. The number of carboxylic acid groups (broad SMARTS) is 1. The topological polar surface area (TPSA) is 66.8 Å². The lowest BCUT2D eigenvalue weighted by atomic mass is 9.95. The van der Waals surface area contributed by atoms with Gasteiger partial charge >= 0.3 is 0 Å². The number of aliphatic hydroxyl groups excluding tert-OH is 1. The van der Waals surface area contributed by atoms with Crippen molar-refractivity contribution in [2.24, 2.45) is 0 Å². The molecule has 0 aliphatic heterocycles. The van der Waals surface area contributed by atoms with Gasteiger partial charge in [-0.1, -0.05) is 12.8 Å². The molecule has 78 valence electrons. The molecule has 0 aromatic carbocycles. The van der Waals surface area contributed by atoms with Gasteiger partial charge in [0.05, 0.1) is 12.2 Å². The Morgan fingerprint density at radius 3 is 2.15 bits per heavy atom. The lowest BCUT2D eigenvalue weighted by Gasteiger charge is -2.25. The molecule has 1 saturated carbocycles. The van der Waals surface area contributed by atoms with Crippen LogP contribution in [0.4, 0.5) is 0 Å². The van der Waals surface area contributed by atoms with Crippen molar-refractivity contribution >= 4 is 5.97 Å². The van der Waals surface area contributed by atoms with E-state index in [1.54, 1.807) is 7.11 Å². The van der Waals surface area contributed by atoms with Crippen molar-refractivity contribution in [2.75, 3.05) is 7.11 Å². The zero-order chi connectivity index (χ0) is 10.3. The van der Waals surface area contributed by atoms with Crippen LogP contribution in [0, 0.1) is 0 Å². The molecule has 0 spiro atoms. The standard InChI is InChI=1S/C7H14O2.C2H4O2/c1-9-7-5-3-2-4-6(7)8;1-2(3)4/h6-8H,2-5H2,1H3;1H3,(H,3,4). The van der Waals surface area contributed by atoms with Crippen molar-refractivity contribution in [2.45, 2.75) is 44.8 Å². The maximum Gasteiger partial charge on any atom is 0.300 e. The number of carbonyl (C=O) groups is 1. The third-order valence-electron chi connectivity index (χ3n) is 1.97. The van der Waals surface area contributed by atoms with E-state index in [9.17, 15) is 5.11 Å². The minimum Gasteiger partial charge on any atom is -0.481 e. The van der Waals surface area contributed by atoms with E-state index in [4.69, 9.17) is 14.6 Å². The van der Waals surface area contributed by atoms with Crippen LogP contribution in [0.15, 0.2) is 0 Å². The van der Waals surface area contributed by atoms with E-state index in [0.717, 1.165) is 26.2 Å². The van der Waals surface area contributed by atoms with Crippen LogP contribution in [0.1, 0.15) is 32.6 Å². The molecule has 0 amide bonds. The maximum absolute atomic E-state index is 9.24. The summed E-state index contributed by atoms with van der Waals surface area (Å²) in [5, 5.41) is 16.7. The van der Waals surface area contributed by atoms with Crippen LogP contribution < -0.4 is 0 Å². The van der Waals surface area contributed by atoms with E-state index in [2.05, 4.69) is 0 Å². The van der Waals surface area contributed by atoms with Gasteiger partial charge in [0.15, 0.2) is 0 Å². The second-order valence-electron chi connectivity index (χ2n) is 3.14. The molecule has 1 aliphatic rings. The van der Waals surface area contributed by atoms with E-state index in [-0.39, 0.29) is 12.2 Å². The Bertz CT molecular complexity index is 143. The molecule has 1 rings (SSSR count). The van der Waals surface area contributed by atoms with Gasteiger partial charge in [0.25, 0.3) is 5.97 Å². The molecule has 1 fully saturated rings. The smallest absolute Gasteiger partial charge is 0.300 e. The molecule has 1 aliphatic carbocycles. The van der Waals surface area contributed by atoms with Crippen molar-refractivity contribution in [3.63, 3.8) is 0 Å². The van der Waals surface area contributed by atoms with E-state index < -0.39 is 5.97 Å². The number of carboxylic acids is 1. The fourth-order valence-corrected chi connectivity index (χ4v) is 1.35. The predicted molar refractivity (Wildman–Crippen MR) is 48.6 cm³/mol. The minimum atomic E-state index is -0.833. The first-order valence-electron chi connectivity index (χ1n) is 4.48. The number of ether oxygens (including phenoxy) is 1. The van der Waals surface area contributed by atoms with E-state index in [0.29, 0.717) is 0 Å². The van der Waals surface area contributed by atoms with Crippen LogP contribution in [-0.4, -0.2) is 35.5 Å². The van der Waals surface area contributed by atoms with Crippen LogP contribution in [0.5, 0.6) is 0 Å². The molecule has 2 N–H and O–H groups in total. The second-order valence-corrected chi connectivity index (χ2v) is 3.14. The monoisotopic (exact) mass is 190 g/mol. The van der Waals surface area contributed by atoms with Gasteiger partial charge in [0.1, 0.15) is 0 Å². The number of methoxy groups -OCH3 is 1. The summed E-state index contributed by atoms with van der Waals surface area (Å²) in [7, 11) is 1.67. The molecule has 0 radical (unpaired) electrons. The fraction of sp³-hybridized carbons (Fsp3) is 0.889. The third-order valence-corrected chi connectivity index (χ3v) is 1.97. The van der Waals surface area contributed by atoms with Crippen LogP contribution in [0.2, 0.25) is 0 Å². The van der Waals surface area contributed by atoms with Crippen molar-refractivity contribution in [1.29, 1.82) is 0 Å². The first kappa shape index (κ1) is 12.4. The van der Waals surface area contributed by atoms with E-state index in [1.807, 2.05) is 0 Å². The second kappa shape index (κ2) is 6.86. The highest BCUT2D eigenvalue weighted by atomic mass is 16.5. The molecule has 2 unspecified atom stereocenters. The molecular formula is C9H18O4. The number of aliphatic carboxylic acids is 1. The zero-order valence-corrected chi connectivity index (χ0v) is 8.19. The quantitative estimate of drug-likeness (QED) is 0.648. The molecule has 2 atom stereocenters. The SMILES string of the molecule is CC(=O)O.COC1CCCCC1O. The van der Waals surface area contributed by atoms with Crippen LogP contribution in [0.3, 0.4) is 0 Å². The molecule has 0 heterocycles. The number of hydrogen-bond donors (Lipinski definition) is 2. The Labute approximate surface area is 78.5 Å². The Morgan fingerprint density at radius 2 is 1.85 bits per heavy atom. The molecule has 13 heavy (non-hydrogen) atoms. The number of rotatable bonds is 1. The highest BCUT2D eigenvalue weighted by Crippen LogP contribution is 2.19. The number of hydrogen-bond acceptors (Lipinski definition) is 3. The molecule has 0 aromatic rings.